The van der Waals surface area contributed by atoms with E-state index in [4.69, 9.17) is 0 Å². The molecule has 0 atom stereocenters. The van der Waals surface area contributed by atoms with Crippen LogP contribution in [0.4, 0.5) is 28.4 Å². The van der Waals surface area contributed by atoms with Gasteiger partial charge in [0.15, 0.2) is 0 Å². The number of allylic oxidation sites excluding steroid dienone is 6. The highest BCUT2D eigenvalue weighted by atomic mass is 15.2. The van der Waals surface area contributed by atoms with Gasteiger partial charge in [0.2, 0.25) is 0 Å². The Bertz CT molecular complexity index is 2090. The maximum Gasteiger partial charge on any atom is 0.252 e. The fraction of sp³-hybridized carbons (Fsp3) is 0.261. The van der Waals surface area contributed by atoms with Crippen LogP contribution in [-0.4, -0.2) is 6.71 Å². The fourth-order valence-corrected chi connectivity index (χ4v) is 7.79. The molecule has 0 saturated carbocycles. The first-order valence-corrected chi connectivity index (χ1v) is 17.8. The third kappa shape index (κ3) is 5.54. The Labute approximate surface area is 295 Å². The number of rotatable bonds is 5. The van der Waals surface area contributed by atoms with Gasteiger partial charge >= 0.3 is 0 Å². The zero-order chi connectivity index (χ0) is 34.8. The summed E-state index contributed by atoms with van der Waals surface area (Å²) in [6, 6.07) is 28.3. The van der Waals surface area contributed by atoms with Gasteiger partial charge in [0.1, 0.15) is 0 Å². The molecule has 3 aliphatic rings. The summed E-state index contributed by atoms with van der Waals surface area (Å²) < 4.78 is 0. The lowest BCUT2D eigenvalue weighted by Crippen LogP contribution is -2.62. The topological polar surface area (TPSA) is 6.48 Å². The second kappa shape index (κ2) is 12.0. The van der Waals surface area contributed by atoms with E-state index >= 15 is 0 Å². The molecule has 0 fully saturated rings. The number of benzene rings is 4. The maximum absolute atomic E-state index is 4.23. The normalized spacial score (nSPS) is 15.6. The van der Waals surface area contributed by atoms with Crippen LogP contribution in [0.1, 0.15) is 76.6 Å². The van der Waals surface area contributed by atoms with Gasteiger partial charge in [0.05, 0.1) is 0 Å². The Morgan fingerprint density at radius 3 is 1.90 bits per heavy atom. The predicted molar refractivity (Wildman–Crippen MR) is 215 cm³/mol. The largest absolute Gasteiger partial charge is 0.311 e. The standard InChI is InChI=1S/C46H49BN2/c1-11-15-32(12-2)36-16-13-14-17-39(36)49-41-25-21-33(45(5,6)7)27-38(41)47-37-26-31(4)20-24-40(37)48(35-22-18-30(3)19-23-35)42-28-34(46(8,9)10)29-43(49)44(42)47/h11-12,15-29H,1-2,13-14H2,3-10H3/b32-15+. The molecule has 0 N–H and O–H groups in total. The van der Waals surface area contributed by atoms with Crippen molar-refractivity contribution in [2.24, 2.45) is 0 Å². The smallest absolute Gasteiger partial charge is 0.252 e. The first-order valence-electron chi connectivity index (χ1n) is 17.8. The van der Waals surface area contributed by atoms with E-state index in [0.29, 0.717) is 0 Å². The zero-order valence-corrected chi connectivity index (χ0v) is 30.6. The molecule has 2 aliphatic heterocycles. The summed E-state index contributed by atoms with van der Waals surface area (Å²) in [5, 5.41) is 0. The van der Waals surface area contributed by atoms with Crippen molar-refractivity contribution in [3.63, 3.8) is 0 Å². The molecule has 1 aliphatic carbocycles. The predicted octanol–water partition coefficient (Wildman–Crippen LogP) is 10.6. The SMILES string of the molecule is C=C/C=C(\C=C)C1=CCCC=C1N1c2ccc(C(C)(C)C)cc2B2c3cc(C)ccc3N(c3ccc(C)cc3)c3cc(C(C)(C)C)cc1c32. The molecule has 246 valence electrons. The van der Waals surface area contributed by atoms with Gasteiger partial charge < -0.3 is 9.80 Å². The van der Waals surface area contributed by atoms with E-state index in [0.717, 1.165) is 18.4 Å². The molecular formula is C46H49BN2. The minimum atomic E-state index is -0.0653. The number of hydrogen-bond acceptors (Lipinski definition) is 2. The van der Waals surface area contributed by atoms with E-state index in [-0.39, 0.29) is 17.5 Å². The average molecular weight is 641 g/mol. The molecular weight excluding hydrogens is 591 g/mol. The van der Waals surface area contributed by atoms with Crippen molar-refractivity contribution in [2.45, 2.75) is 79.1 Å². The summed E-state index contributed by atoms with van der Waals surface area (Å²) in [6.45, 7) is 26.7. The van der Waals surface area contributed by atoms with E-state index in [2.05, 4.69) is 169 Å². The van der Waals surface area contributed by atoms with Crippen LogP contribution < -0.4 is 26.2 Å². The first-order chi connectivity index (χ1) is 23.3. The summed E-state index contributed by atoms with van der Waals surface area (Å²) in [5.74, 6) is 0. The van der Waals surface area contributed by atoms with E-state index in [1.807, 2.05) is 12.2 Å². The molecule has 0 saturated heterocycles. The van der Waals surface area contributed by atoms with Crippen molar-refractivity contribution in [2.75, 3.05) is 9.80 Å². The monoisotopic (exact) mass is 640 g/mol. The van der Waals surface area contributed by atoms with Gasteiger partial charge in [-0.25, -0.2) is 0 Å². The van der Waals surface area contributed by atoms with Crippen molar-refractivity contribution in [1.82, 2.24) is 0 Å². The van der Waals surface area contributed by atoms with Crippen LogP contribution in [0.25, 0.3) is 0 Å². The molecule has 0 bridgehead atoms. The number of fused-ring (bicyclic) bond motifs is 4. The molecule has 4 aromatic carbocycles. The summed E-state index contributed by atoms with van der Waals surface area (Å²) in [5.41, 5.74) is 19.0. The van der Waals surface area contributed by atoms with Crippen LogP contribution in [-0.2, 0) is 10.8 Å². The average Bonchev–Trinajstić information content (AvgIpc) is 3.06. The van der Waals surface area contributed by atoms with Crippen LogP contribution >= 0.6 is 0 Å². The molecule has 0 aromatic heterocycles. The Hall–Kier alpha value is -4.76. The van der Waals surface area contributed by atoms with E-state index in [9.17, 15) is 0 Å². The molecule has 0 radical (unpaired) electrons. The quantitative estimate of drug-likeness (QED) is 0.139. The Kier molecular flexibility index (Phi) is 8.02. The fourth-order valence-electron chi connectivity index (χ4n) is 7.79. The number of hydrogen-bond donors (Lipinski definition) is 0. The van der Waals surface area contributed by atoms with Crippen molar-refractivity contribution < 1.29 is 0 Å². The highest BCUT2D eigenvalue weighted by Gasteiger charge is 2.45. The van der Waals surface area contributed by atoms with Crippen LogP contribution in [0.2, 0.25) is 0 Å². The Morgan fingerprint density at radius 1 is 0.653 bits per heavy atom. The molecule has 49 heavy (non-hydrogen) atoms. The number of aryl methyl sites for hydroxylation is 2. The summed E-state index contributed by atoms with van der Waals surface area (Å²) in [4.78, 5) is 5.10. The summed E-state index contributed by atoms with van der Waals surface area (Å²) in [7, 11) is 0. The van der Waals surface area contributed by atoms with Crippen LogP contribution in [0.15, 0.2) is 133 Å². The molecule has 2 nitrogen and oxygen atoms in total. The molecule has 0 unspecified atom stereocenters. The molecule has 7 rings (SSSR count). The summed E-state index contributed by atoms with van der Waals surface area (Å²) >= 11 is 0. The first kappa shape index (κ1) is 32.8. The van der Waals surface area contributed by atoms with E-state index in [1.54, 1.807) is 0 Å². The minimum absolute atomic E-state index is 0.00890. The lowest BCUT2D eigenvalue weighted by atomic mass is 9.33. The van der Waals surface area contributed by atoms with Crippen molar-refractivity contribution in [3.05, 3.63) is 155 Å². The van der Waals surface area contributed by atoms with Crippen molar-refractivity contribution >= 4 is 51.5 Å². The second-order valence-electron chi connectivity index (χ2n) is 16.0. The van der Waals surface area contributed by atoms with E-state index < -0.39 is 0 Å². The highest BCUT2D eigenvalue weighted by molar-refractivity contribution is 7.00. The van der Waals surface area contributed by atoms with Gasteiger partial charge in [0, 0.05) is 39.7 Å². The lowest BCUT2D eigenvalue weighted by molar-refractivity contribution is 0.590. The third-order valence-corrected chi connectivity index (χ3v) is 10.4. The van der Waals surface area contributed by atoms with Gasteiger partial charge in [-0.2, -0.15) is 0 Å². The highest BCUT2D eigenvalue weighted by Crippen LogP contribution is 2.47. The Balaban J connectivity index is 1.63. The van der Waals surface area contributed by atoms with Gasteiger partial charge in [0.25, 0.3) is 6.71 Å². The van der Waals surface area contributed by atoms with E-state index in [1.165, 1.54) is 78.3 Å². The molecule has 3 heteroatoms. The van der Waals surface area contributed by atoms with Crippen LogP contribution in [0.3, 0.4) is 0 Å². The van der Waals surface area contributed by atoms with Crippen molar-refractivity contribution in [1.29, 1.82) is 0 Å². The van der Waals surface area contributed by atoms with Crippen molar-refractivity contribution in [3.8, 4) is 0 Å². The van der Waals surface area contributed by atoms with Gasteiger partial charge in [-0.1, -0.05) is 133 Å². The maximum atomic E-state index is 4.23. The molecule has 0 amide bonds. The number of nitrogens with zero attached hydrogens (tertiary/aromatic N) is 2. The Morgan fingerprint density at radius 2 is 1.24 bits per heavy atom. The molecule has 0 spiro atoms. The molecule has 2 heterocycles. The van der Waals surface area contributed by atoms with Gasteiger partial charge in [-0.3, -0.25) is 0 Å². The van der Waals surface area contributed by atoms with Crippen LogP contribution in [0, 0.1) is 13.8 Å². The number of anilines is 5. The van der Waals surface area contributed by atoms with Gasteiger partial charge in [-0.15, -0.1) is 0 Å². The summed E-state index contributed by atoms with van der Waals surface area (Å²) in [6.07, 6.45) is 12.8. The lowest BCUT2D eigenvalue weighted by Gasteiger charge is -2.46. The van der Waals surface area contributed by atoms with Crippen LogP contribution in [0.5, 0.6) is 0 Å². The molecule has 4 aromatic rings. The van der Waals surface area contributed by atoms with Gasteiger partial charge in [-0.05, 0) is 107 Å². The minimum Gasteiger partial charge on any atom is -0.311 e. The third-order valence-electron chi connectivity index (χ3n) is 10.4. The zero-order valence-electron chi connectivity index (χ0n) is 30.6. The second-order valence-corrected chi connectivity index (χ2v) is 16.0.